The van der Waals surface area contributed by atoms with Crippen molar-refractivity contribution < 1.29 is 29.6 Å². The van der Waals surface area contributed by atoms with Crippen LogP contribution in [0.3, 0.4) is 0 Å². The van der Waals surface area contributed by atoms with E-state index in [1.165, 1.54) is 9.80 Å². The van der Waals surface area contributed by atoms with Crippen LogP contribution >= 0.6 is 0 Å². The van der Waals surface area contributed by atoms with E-state index < -0.39 is 11.9 Å². The normalized spacial score (nSPS) is 8.75. The Morgan fingerprint density at radius 2 is 0.875 bits per heavy atom. The quantitative estimate of drug-likeness (QED) is 0.530. The number of carboxylic acid groups (broad SMARTS) is 2. The van der Waals surface area contributed by atoms with E-state index in [4.69, 9.17) is 0 Å². The maximum atomic E-state index is 9.88. The maximum Gasteiger partial charge on any atom is 0.0668 e. The molecule has 24 heavy (non-hydrogen) atoms. The topological polar surface area (TPSA) is 89.1 Å². The van der Waals surface area contributed by atoms with Gasteiger partial charge in [0.1, 0.15) is 0 Å². The minimum atomic E-state index is -1.13. The number of carbonyl (C=O) groups is 2. The van der Waals surface area contributed by atoms with Gasteiger partial charge in [-0.1, -0.05) is 39.8 Å². The van der Waals surface area contributed by atoms with Crippen LogP contribution in [0.1, 0.15) is 39.5 Å². The number of hydrogen-bond acceptors (Lipinski definition) is 4. The molecule has 0 rings (SSSR count). The van der Waals surface area contributed by atoms with Gasteiger partial charge in [-0.3, -0.25) is 0 Å². The second kappa shape index (κ2) is 21.3. The highest BCUT2D eigenvalue weighted by Crippen LogP contribution is 1.98. The summed E-state index contributed by atoms with van der Waals surface area (Å²) in [6.07, 6.45) is 2.68. The zero-order valence-electron chi connectivity index (χ0n) is 16.9. The molecule has 0 bridgehead atoms. The first-order valence-electron chi connectivity index (χ1n) is 8.14. The molecule has 0 aliphatic rings. The number of hydrogen-bond donors (Lipinski definition) is 2. The average molecular weight is 347 g/mol. The highest BCUT2D eigenvalue weighted by Gasteiger charge is 1.89. The monoisotopic (exact) mass is 346 g/mol. The Morgan fingerprint density at radius 1 is 0.708 bits per heavy atom. The molecule has 0 radical (unpaired) electrons. The van der Waals surface area contributed by atoms with Gasteiger partial charge in [0.05, 0.1) is 54.2 Å². The van der Waals surface area contributed by atoms with Crippen LogP contribution in [0, 0.1) is 0 Å². The van der Waals surface area contributed by atoms with Crippen LogP contribution in [0.15, 0.2) is 24.3 Å². The van der Waals surface area contributed by atoms with E-state index >= 15 is 0 Å². The van der Waals surface area contributed by atoms with Crippen LogP contribution in [0.25, 0.3) is 0 Å². The SMILES string of the molecule is C=C(CCC)C(=O)[O-].C=C(CCC)C(=O)[O-].C[NH+](C)C.C[NH+](C)C. The summed E-state index contributed by atoms with van der Waals surface area (Å²) < 4.78 is 0. The van der Waals surface area contributed by atoms with Crippen molar-refractivity contribution in [1.82, 2.24) is 0 Å². The van der Waals surface area contributed by atoms with Crippen molar-refractivity contribution in [3.63, 3.8) is 0 Å². The van der Waals surface area contributed by atoms with Gasteiger partial charge in [0.25, 0.3) is 0 Å². The second-order valence-corrected chi connectivity index (χ2v) is 6.28. The van der Waals surface area contributed by atoms with Gasteiger partial charge in [0, 0.05) is 0 Å². The van der Waals surface area contributed by atoms with Gasteiger partial charge in [-0.25, -0.2) is 0 Å². The molecule has 0 aromatic heterocycles. The molecule has 144 valence electrons. The van der Waals surface area contributed by atoms with E-state index in [1.54, 1.807) is 0 Å². The molecule has 0 fully saturated rings. The van der Waals surface area contributed by atoms with E-state index in [-0.39, 0.29) is 11.1 Å². The molecule has 0 saturated heterocycles. The van der Waals surface area contributed by atoms with Crippen LogP contribution in [-0.2, 0) is 9.59 Å². The number of nitrogens with one attached hydrogen (secondary N) is 2. The zero-order valence-corrected chi connectivity index (χ0v) is 16.9. The molecule has 0 saturated carbocycles. The lowest BCUT2D eigenvalue weighted by Gasteiger charge is -2.01. The molecule has 0 aliphatic carbocycles. The van der Waals surface area contributed by atoms with E-state index in [2.05, 4.69) is 55.4 Å². The number of rotatable bonds is 6. The predicted octanol–water partition coefficient (Wildman–Crippen LogP) is -2.29. The smallest absolute Gasteiger partial charge is 0.0668 e. The highest BCUT2D eigenvalue weighted by molar-refractivity contribution is 5.83. The molecule has 0 unspecified atom stereocenters. The molecule has 6 nitrogen and oxygen atoms in total. The van der Waals surface area contributed by atoms with Crippen molar-refractivity contribution in [2.45, 2.75) is 39.5 Å². The van der Waals surface area contributed by atoms with Gasteiger partial charge in [-0.2, -0.15) is 0 Å². The van der Waals surface area contributed by atoms with Gasteiger partial charge in [-0.05, 0) is 24.0 Å². The van der Waals surface area contributed by atoms with Crippen LogP contribution in [0.2, 0.25) is 0 Å². The molecule has 2 N–H and O–H groups in total. The summed E-state index contributed by atoms with van der Waals surface area (Å²) in [6.45, 7) is 10.4. The molecule has 0 aliphatic heterocycles. The number of carbonyl (C=O) groups excluding carboxylic acids is 2. The lowest BCUT2D eigenvalue weighted by Crippen LogP contribution is -3.02. The lowest BCUT2D eigenvalue weighted by molar-refractivity contribution is -0.836. The van der Waals surface area contributed by atoms with Gasteiger partial charge in [0.15, 0.2) is 0 Å². The van der Waals surface area contributed by atoms with Crippen molar-refractivity contribution in [2.75, 3.05) is 42.3 Å². The summed E-state index contributed by atoms with van der Waals surface area (Å²) in [5.74, 6) is -2.27. The summed E-state index contributed by atoms with van der Waals surface area (Å²) in [6, 6.07) is 0. The summed E-state index contributed by atoms with van der Waals surface area (Å²) in [5.41, 5.74) is 0.375. The van der Waals surface area contributed by atoms with Crippen LogP contribution in [-0.4, -0.2) is 54.2 Å². The molecule has 0 spiro atoms. The van der Waals surface area contributed by atoms with E-state index in [1.807, 2.05) is 13.8 Å². The van der Waals surface area contributed by atoms with Crippen molar-refractivity contribution in [2.24, 2.45) is 0 Å². The third-order valence-corrected chi connectivity index (χ3v) is 1.68. The first-order valence-corrected chi connectivity index (χ1v) is 8.14. The third-order valence-electron chi connectivity index (χ3n) is 1.68. The molecule has 0 amide bonds. The van der Waals surface area contributed by atoms with E-state index in [0.29, 0.717) is 12.8 Å². The summed E-state index contributed by atoms with van der Waals surface area (Å²) in [7, 11) is 12.5. The Kier molecular flexibility index (Phi) is 26.9. The minimum absolute atomic E-state index is 0.188. The number of quaternary nitrogens is 2. The average Bonchev–Trinajstić information content (AvgIpc) is 2.38. The Balaban J connectivity index is -0.000000117. The molecule has 0 heterocycles. The predicted molar refractivity (Wildman–Crippen MR) is 95.6 cm³/mol. The fraction of sp³-hybridized carbons (Fsp3) is 0.667. The van der Waals surface area contributed by atoms with Gasteiger partial charge in [0.2, 0.25) is 0 Å². The van der Waals surface area contributed by atoms with Crippen LogP contribution < -0.4 is 20.0 Å². The Bertz CT molecular complexity index is 311. The highest BCUT2D eigenvalue weighted by atomic mass is 16.4. The number of carboxylic acids is 2. The largest absolute Gasteiger partial charge is 0.545 e. The fourth-order valence-electron chi connectivity index (χ4n) is 0.808. The summed E-state index contributed by atoms with van der Waals surface area (Å²) >= 11 is 0. The maximum absolute atomic E-state index is 9.88. The van der Waals surface area contributed by atoms with Crippen molar-refractivity contribution in [1.29, 1.82) is 0 Å². The van der Waals surface area contributed by atoms with Crippen molar-refractivity contribution in [3.8, 4) is 0 Å². The van der Waals surface area contributed by atoms with Crippen molar-refractivity contribution in [3.05, 3.63) is 24.3 Å². The third kappa shape index (κ3) is 50.0. The van der Waals surface area contributed by atoms with Crippen molar-refractivity contribution >= 4 is 11.9 Å². The molecular formula is C18H38N2O4. The lowest BCUT2D eigenvalue weighted by atomic mass is 10.2. The van der Waals surface area contributed by atoms with E-state index in [0.717, 1.165) is 12.8 Å². The molecule has 0 atom stereocenters. The van der Waals surface area contributed by atoms with Gasteiger partial charge < -0.3 is 29.6 Å². The molecule has 6 heteroatoms. The minimum Gasteiger partial charge on any atom is -0.545 e. The van der Waals surface area contributed by atoms with Crippen LogP contribution in [0.4, 0.5) is 0 Å². The van der Waals surface area contributed by atoms with Gasteiger partial charge in [-0.15, -0.1) is 0 Å². The zero-order chi connectivity index (χ0) is 20.3. The number of aliphatic carboxylic acids is 2. The molecular weight excluding hydrogens is 308 g/mol. The fourth-order valence-corrected chi connectivity index (χ4v) is 0.808. The van der Waals surface area contributed by atoms with Crippen LogP contribution in [0.5, 0.6) is 0 Å². The second-order valence-electron chi connectivity index (χ2n) is 6.28. The first-order chi connectivity index (χ1) is 10.8. The Labute approximate surface area is 148 Å². The van der Waals surface area contributed by atoms with E-state index in [9.17, 15) is 19.8 Å². The standard InChI is InChI=1S/2C6H10O2.2C3H9N/c2*1-3-4-5(2)6(7)8;2*1-4(2)3/h2*2-4H2,1H3,(H,7,8);2*1-3H3. The summed E-state index contributed by atoms with van der Waals surface area (Å²) in [4.78, 5) is 22.6. The molecule has 0 aromatic carbocycles. The van der Waals surface area contributed by atoms with Gasteiger partial charge >= 0.3 is 0 Å². The summed E-state index contributed by atoms with van der Waals surface area (Å²) in [5, 5.41) is 19.8. The molecule has 0 aromatic rings. The Morgan fingerprint density at radius 3 is 0.917 bits per heavy atom. The first kappa shape index (κ1) is 30.2. The Hall–Kier alpha value is -1.66.